The second kappa shape index (κ2) is 3.56. The Hall–Kier alpha value is -0.790. The van der Waals surface area contributed by atoms with Crippen LogP contribution < -0.4 is 0 Å². The second-order valence-corrected chi connectivity index (χ2v) is 3.13. The summed E-state index contributed by atoms with van der Waals surface area (Å²) in [6, 6.07) is 0. The molecule has 0 amide bonds. The average molecular weight is 156 g/mol. The Bertz CT molecular complexity index is 168. The molecule has 0 saturated heterocycles. The highest BCUT2D eigenvalue weighted by atomic mass is 16.5. The molecule has 0 aliphatic rings. The van der Waals surface area contributed by atoms with Crippen molar-refractivity contribution in [1.29, 1.82) is 0 Å². The van der Waals surface area contributed by atoms with Gasteiger partial charge in [0.1, 0.15) is 0 Å². The summed E-state index contributed by atoms with van der Waals surface area (Å²) in [5, 5.41) is 0. The van der Waals surface area contributed by atoms with Gasteiger partial charge in [-0.3, -0.25) is 4.79 Å². The van der Waals surface area contributed by atoms with Crippen molar-refractivity contribution in [2.24, 2.45) is 5.41 Å². The maximum Gasteiger partial charge on any atom is 0.315 e. The summed E-state index contributed by atoms with van der Waals surface area (Å²) in [4.78, 5) is 11.2. The molecule has 0 saturated carbocycles. The van der Waals surface area contributed by atoms with E-state index in [-0.39, 0.29) is 5.97 Å². The Morgan fingerprint density at radius 3 is 2.27 bits per heavy atom. The maximum atomic E-state index is 11.2. The molecule has 2 nitrogen and oxygen atoms in total. The van der Waals surface area contributed by atoms with Crippen LogP contribution in [0, 0.1) is 5.41 Å². The Labute approximate surface area is 68.2 Å². The molecule has 0 atom stereocenters. The van der Waals surface area contributed by atoms with Crippen LogP contribution in [0.2, 0.25) is 0 Å². The van der Waals surface area contributed by atoms with Gasteiger partial charge in [0.05, 0.1) is 12.0 Å². The summed E-state index contributed by atoms with van der Waals surface area (Å²) in [5.74, 6) is -0.201. The van der Waals surface area contributed by atoms with Gasteiger partial charge >= 0.3 is 5.97 Å². The summed E-state index contributed by atoms with van der Waals surface area (Å²) >= 11 is 0. The van der Waals surface area contributed by atoms with Gasteiger partial charge in [-0.2, -0.15) is 0 Å². The van der Waals surface area contributed by atoms with E-state index in [2.05, 4.69) is 6.58 Å². The Balaban J connectivity index is 4.30. The smallest absolute Gasteiger partial charge is 0.315 e. The van der Waals surface area contributed by atoms with Crippen LogP contribution in [0.3, 0.4) is 0 Å². The molecule has 0 aliphatic heterocycles. The van der Waals surface area contributed by atoms with Gasteiger partial charge in [-0.25, -0.2) is 0 Å². The predicted molar refractivity (Wildman–Crippen MR) is 45.2 cm³/mol. The van der Waals surface area contributed by atoms with E-state index < -0.39 is 5.41 Å². The number of hydrogen-bond donors (Lipinski definition) is 0. The van der Waals surface area contributed by atoms with Crippen LogP contribution in [0.5, 0.6) is 0 Å². The van der Waals surface area contributed by atoms with Crippen molar-refractivity contribution in [1.82, 2.24) is 0 Å². The zero-order valence-corrected chi connectivity index (χ0v) is 7.73. The maximum absolute atomic E-state index is 11.2. The molecular formula is C9H16O2. The van der Waals surface area contributed by atoms with Gasteiger partial charge < -0.3 is 4.74 Å². The molecule has 0 rings (SSSR count). The SMILES string of the molecule is C=C(C)C(C)(C)C(=O)OCC. The standard InChI is InChI=1S/C9H16O2/c1-6-11-8(10)9(4,5)7(2)3/h2,6H2,1,3-5H3. The van der Waals surface area contributed by atoms with E-state index >= 15 is 0 Å². The molecule has 64 valence electrons. The van der Waals surface area contributed by atoms with Crippen molar-refractivity contribution < 1.29 is 9.53 Å². The Morgan fingerprint density at radius 1 is 1.55 bits per heavy atom. The first-order valence-corrected chi connectivity index (χ1v) is 3.76. The van der Waals surface area contributed by atoms with Crippen molar-refractivity contribution >= 4 is 5.97 Å². The normalized spacial score (nSPS) is 10.9. The van der Waals surface area contributed by atoms with Gasteiger partial charge in [-0.05, 0) is 27.7 Å². The van der Waals surface area contributed by atoms with Crippen molar-refractivity contribution in [3.63, 3.8) is 0 Å². The lowest BCUT2D eigenvalue weighted by Gasteiger charge is -2.21. The van der Waals surface area contributed by atoms with Crippen LogP contribution in [0.25, 0.3) is 0 Å². The zero-order chi connectivity index (χ0) is 9.07. The monoisotopic (exact) mass is 156 g/mol. The van der Waals surface area contributed by atoms with E-state index in [0.29, 0.717) is 6.61 Å². The van der Waals surface area contributed by atoms with Crippen molar-refractivity contribution in [2.45, 2.75) is 27.7 Å². The molecule has 0 aromatic rings. The minimum absolute atomic E-state index is 0.201. The molecule has 0 bridgehead atoms. The molecule has 11 heavy (non-hydrogen) atoms. The van der Waals surface area contributed by atoms with E-state index in [9.17, 15) is 4.79 Å². The molecule has 0 aliphatic carbocycles. The van der Waals surface area contributed by atoms with Gasteiger partial charge in [-0.1, -0.05) is 12.2 Å². The first-order chi connectivity index (χ1) is 4.92. The first kappa shape index (κ1) is 10.2. The highest BCUT2D eigenvalue weighted by molar-refractivity contribution is 5.79. The van der Waals surface area contributed by atoms with Crippen LogP contribution >= 0.6 is 0 Å². The fraction of sp³-hybridized carbons (Fsp3) is 0.667. The number of carbonyl (C=O) groups is 1. The summed E-state index contributed by atoms with van der Waals surface area (Å²) in [6.45, 7) is 11.4. The molecule has 2 heteroatoms. The molecular weight excluding hydrogens is 140 g/mol. The molecule has 0 aromatic carbocycles. The van der Waals surface area contributed by atoms with Gasteiger partial charge in [0.2, 0.25) is 0 Å². The summed E-state index contributed by atoms with van der Waals surface area (Å²) < 4.78 is 4.87. The lowest BCUT2D eigenvalue weighted by molar-refractivity contribution is -0.151. The van der Waals surface area contributed by atoms with Crippen LogP contribution in [-0.4, -0.2) is 12.6 Å². The fourth-order valence-corrected chi connectivity index (χ4v) is 0.486. The number of carbonyl (C=O) groups excluding carboxylic acids is 1. The largest absolute Gasteiger partial charge is 0.465 e. The minimum Gasteiger partial charge on any atom is -0.465 e. The molecule has 0 aromatic heterocycles. The highest BCUT2D eigenvalue weighted by Crippen LogP contribution is 2.25. The third-order valence-corrected chi connectivity index (χ3v) is 1.85. The molecule has 0 N–H and O–H groups in total. The van der Waals surface area contributed by atoms with Crippen molar-refractivity contribution in [2.75, 3.05) is 6.61 Å². The Kier molecular flexibility index (Phi) is 3.30. The second-order valence-electron chi connectivity index (χ2n) is 3.13. The van der Waals surface area contributed by atoms with Crippen molar-refractivity contribution in [3.8, 4) is 0 Å². The van der Waals surface area contributed by atoms with Crippen LogP contribution in [0.4, 0.5) is 0 Å². The topological polar surface area (TPSA) is 26.3 Å². The van der Waals surface area contributed by atoms with E-state index in [0.717, 1.165) is 5.57 Å². The lowest BCUT2D eigenvalue weighted by Crippen LogP contribution is -2.27. The highest BCUT2D eigenvalue weighted by Gasteiger charge is 2.29. The predicted octanol–water partition coefficient (Wildman–Crippen LogP) is 2.15. The quantitative estimate of drug-likeness (QED) is 0.462. The summed E-state index contributed by atoms with van der Waals surface area (Å²) in [5.41, 5.74) is 0.284. The molecule has 0 fully saturated rings. The van der Waals surface area contributed by atoms with E-state index in [1.54, 1.807) is 6.92 Å². The lowest BCUT2D eigenvalue weighted by atomic mass is 9.86. The molecule has 0 radical (unpaired) electrons. The number of ether oxygens (including phenoxy) is 1. The summed E-state index contributed by atoms with van der Waals surface area (Å²) in [7, 11) is 0. The van der Waals surface area contributed by atoms with Crippen molar-refractivity contribution in [3.05, 3.63) is 12.2 Å². The first-order valence-electron chi connectivity index (χ1n) is 3.76. The average Bonchev–Trinajstić information content (AvgIpc) is 1.88. The van der Waals surface area contributed by atoms with Crippen LogP contribution in [0.15, 0.2) is 12.2 Å². The Morgan fingerprint density at radius 2 is 2.00 bits per heavy atom. The number of hydrogen-bond acceptors (Lipinski definition) is 2. The number of esters is 1. The van der Waals surface area contributed by atoms with Gasteiger partial charge in [0, 0.05) is 0 Å². The van der Waals surface area contributed by atoms with Gasteiger partial charge in [0.25, 0.3) is 0 Å². The fourth-order valence-electron chi connectivity index (χ4n) is 0.486. The van der Waals surface area contributed by atoms with E-state index in [1.165, 1.54) is 0 Å². The minimum atomic E-state index is -0.546. The van der Waals surface area contributed by atoms with Crippen LogP contribution in [0.1, 0.15) is 27.7 Å². The molecule has 0 unspecified atom stereocenters. The van der Waals surface area contributed by atoms with Crippen LogP contribution in [-0.2, 0) is 9.53 Å². The van der Waals surface area contributed by atoms with Gasteiger partial charge in [0.15, 0.2) is 0 Å². The summed E-state index contributed by atoms with van der Waals surface area (Å²) in [6.07, 6.45) is 0. The van der Waals surface area contributed by atoms with E-state index in [4.69, 9.17) is 4.74 Å². The third-order valence-electron chi connectivity index (χ3n) is 1.85. The molecule has 0 spiro atoms. The zero-order valence-electron chi connectivity index (χ0n) is 7.73. The molecule has 0 heterocycles. The number of rotatable bonds is 3. The van der Waals surface area contributed by atoms with E-state index in [1.807, 2.05) is 20.8 Å². The van der Waals surface area contributed by atoms with Gasteiger partial charge in [-0.15, -0.1) is 0 Å². The third kappa shape index (κ3) is 2.37.